The van der Waals surface area contributed by atoms with Crippen molar-refractivity contribution >= 4 is 17.3 Å². The fourth-order valence-corrected chi connectivity index (χ4v) is 2.65. The topological polar surface area (TPSA) is 15.3 Å². The highest BCUT2D eigenvalue weighted by molar-refractivity contribution is 6.33. The molecule has 0 aromatic heterocycles. The number of nitrogens with one attached hydrogen (secondary N) is 1. The van der Waals surface area contributed by atoms with Crippen molar-refractivity contribution in [1.29, 1.82) is 0 Å². The lowest BCUT2D eigenvalue weighted by Gasteiger charge is -2.34. The molecular weight excluding hydrogens is 277 g/mol. The predicted molar refractivity (Wildman–Crippen MR) is 70.7 cm³/mol. The largest absolute Gasteiger partial charge is 0.416 e. The van der Waals surface area contributed by atoms with Gasteiger partial charge in [-0.15, -0.1) is 0 Å². The molecule has 0 radical (unpaired) electrons. The molecule has 0 saturated carbocycles. The van der Waals surface area contributed by atoms with E-state index in [9.17, 15) is 13.2 Å². The Kier molecular flexibility index (Phi) is 4.26. The number of hydrogen-bond donors (Lipinski definition) is 1. The van der Waals surface area contributed by atoms with Crippen LogP contribution in [0.4, 0.5) is 18.9 Å². The molecule has 1 aliphatic heterocycles. The fraction of sp³-hybridized carbons (Fsp3) is 0.538. The first kappa shape index (κ1) is 14.5. The monoisotopic (exact) mass is 292 g/mol. The van der Waals surface area contributed by atoms with Crippen LogP contribution in [0.25, 0.3) is 0 Å². The molecule has 1 N–H and O–H groups in total. The highest BCUT2D eigenvalue weighted by atomic mass is 35.5. The van der Waals surface area contributed by atoms with E-state index in [4.69, 9.17) is 11.6 Å². The average molecular weight is 293 g/mol. The highest BCUT2D eigenvalue weighted by Crippen LogP contribution is 2.35. The molecule has 0 unspecified atom stereocenters. The zero-order valence-corrected chi connectivity index (χ0v) is 11.4. The Morgan fingerprint density at radius 3 is 2.37 bits per heavy atom. The van der Waals surface area contributed by atoms with Gasteiger partial charge in [-0.2, -0.15) is 13.2 Å². The number of benzene rings is 1. The van der Waals surface area contributed by atoms with Gasteiger partial charge in [0.15, 0.2) is 0 Å². The van der Waals surface area contributed by atoms with Crippen molar-refractivity contribution < 1.29 is 13.2 Å². The Bertz CT molecular complexity index is 440. The number of anilines is 1. The number of piperidine rings is 1. The van der Waals surface area contributed by atoms with E-state index in [1.165, 1.54) is 6.07 Å². The summed E-state index contributed by atoms with van der Waals surface area (Å²) in [4.78, 5) is 2.04. The minimum Gasteiger partial charge on any atom is -0.370 e. The molecule has 1 saturated heterocycles. The van der Waals surface area contributed by atoms with Crippen molar-refractivity contribution in [2.75, 3.05) is 25.0 Å². The van der Waals surface area contributed by atoms with E-state index in [2.05, 4.69) is 5.32 Å². The van der Waals surface area contributed by atoms with Gasteiger partial charge >= 0.3 is 6.18 Å². The van der Waals surface area contributed by atoms with Crippen LogP contribution in [0, 0.1) is 0 Å². The molecule has 0 spiro atoms. The summed E-state index contributed by atoms with van der Waals surface area (Å²) in [5, 5.41) is 3.38. The molecule has 2 nitrogen and oxygen atoms in total. The smallest absolute Gasteiger partial charge is 0.370 e. The molecule has 1 heterocycles. The third-order valence-corrected chi connectivity index (χ3v) is 3.82. The van der Waals surface area contributed by atoms with Crippen LogP contribution in [0.1, 0.15) is 18.4 Å². The summed E-state index contributed by atoms with van der Waals surface area (Å²) in [5.74, 6) is 0. The van der Waals surface area contributed by atoms with Crippen molar-refractivity contribution in [1.82, 2.24) is 5.32 Å². The van der Waals surface area contributed by atoms with Gasteiger partial charge in [-0.05, 0) is 38.1 Å². The average Bonchev–Trinajstić information content (AvgIpc) is 2.38. The predicted octanol–water partition coefficient (Wildman–Crippen LogP) is 3.55. The Labute approximate surface area is 115 Å². The second-order valence-corrected chi connectivity index (χ2v) is 5.12. The zero-order valence-electron chi connectivity index (χ0n) is 10.6. The molecule has 0 atom stereocenters. The van der Waals surface area contributed by atoms with Gasteiger partial charge in [-0.1, -0.05) is 11.6 Å². The van der Waals surface area contributed by atoms with Crippen molar-refractivity contribution in [3.8, 4) is 0 Å². The Balaban J connectivity index is 2.14. The van der Waals surface area contributed by atoms with Gasteiger partial charge in [0.25, 0.3) is 0 Å². The van der Waals surface area contributed by atoms with Gasteiger partial charge in [-0.3, -0.25) is 0 Å². The van der Waals surface area contributed by atoms with Gasteiger partial charge in [-0.25, -0.2) is 0 Å². The van der Waals surface area contributed by atoms with Crippen molar-refractivity contribution in [3.63, 3.8) is 0 Å². The summed E-state index contributed by atoms with van der Waals surface area (Å²) in [5.41, 5.74) is -0.0180. The molecule has 1 aromatic rings. The van der Waals surface area contributed by atoms with Crippen LogP contribution in [0.3, 0.4) is 0 Å². The lowest BCUT2D eigenvalue weighted by atomic mass is 10.0. The van der Waals surface area contributed by atoms with Crippen molar-refractivity contribution in [3.05, 3.63) is 28.8 Å². The Hall–Kier alpha value is -0.940. The quantitative estimate of drug-likeness (QED) is 0.897. The maximum absolute atomic E-state index is 12.6. The first-order valence-corrected chi connectivity index (χ1v) is 6.58. The summed E-state index contributed by atoms with van der Waals surface area (Å²) in [6, 6.07) is 4.03. The van der Waals surface area contributed by atoms with Crippen molar-refractivity contribution in [2.24, 2.45) is 0 Å². The van der Waals surface area contributed by atoms with Crippen molar-refractivity contribution in [2.45, 2.75) is 25.1 Å². The number of alkyl halides is 3. The molecule has 0 bridgehead atoms. The molecule has 1 aromatic carbocycles. The first-order valence-electron chi connectivity index (χ1n) is 6.21. The molecule has 6 heteroatoms. The molecular formula is C13H16ClF3N2. The SMILES string of the molecule is CNC1CCN(c2ccc(C(F)(F)F)cc2Cl)CC1. The standard InChI is InChI=1S/C13H16ClF3N2/c1-18-10-4-6-19(7-5-10)12-3-2-9(8-11(12)14)13(15,16)17/h2-3,8,10,18H,4-7H2,1H3. The van der Waals surface area contributed by atoms with Gasteiger partial charge in [0.1, 0.15) is 0 Å². The van der Waals surface area contributed by atoms with Gasteiger partial charge in [0.05, 0.1) is 16.3 Å². The molecule has 0 aliphatic carbocycles. The summed E-state index contributed by atoms with van der Waals surface area (Å²) in [6.07, 6.45) is -2.41. The molecule has 1 fully saturated rings. The fourth-order valence-electron chi connectivity index (χ4n) is 2.35. The van der Waals surface area contributed by atoms with Crippen LogP contribution in [0.5, 0.6) is 0 Å². The minimum absolute atomic E-state index is 0.165. The van der Waals surface area contributed by atoms with E-state index in [0.717, 1.165) is 38.1 Å². The highest BCUT2D eigenvalue weighted by Gasteiger charge is 2.31. The van der Waals surface area contributed by atoms with Crippen LogP contribution < -0.4 is 10.2 Å². The van der Waals surface area contributed by atoms with E-state index in [-0.39, 0.29) is 5.02 Å². The summed E-state index contributed by atoms with van der Waals surface area (Å²) in [7, 11) is 1.92. The maximum Gasteiger partial charge on any atom is 0.416 e. The lowest BCUT2D eigenvalue weighted by Crippen LogP contribution is -2.41. The van der Waals surface area contributed by atoms with Crippen LogP contribution >= 0.6 is 11.6 Å². The summed E-state index contributed by atoms with van der Waals surface area (Å²) in [6.45, 7) is 1.60. The van der Waals surface area contributed by atoms with Gasteiger partial charge in [0, 0.05) is 19.1 Å². The number of hydrogen-bond acceptors (Lipinski definition) is 2. The maximum atomic E-state index is 12.6. The number of rotatable bonds is 2. The van der Waals surface area contributed by atoms with Gasteiger partial charge in [0.2, 0.25) is 0 Å². The lowest BCUT2D eigenvalue weighted by molar-refractivity contribution is -0.137. The third-order valence-electron chi connectivity index (χ3n) is 3.52. The molecule has 2 rings (SSSR count). The molecule has 0 amide bonds. The van der Waals surface area contributed by atoms with E-state index >= 15 is 0 Å². The van der Waals surface area contributed by atoms with Gasteiger partial charge < -0.3 is 10.2 Å². The second kappa shape index (κ2) is 5.59. The zero-order chi connectivity index (χ0) is 14.0. The Morgan fingerprint density at radius 2 is 1.89 bits per heavy atom. The molecule has 1 aliphatic rings. The number of halogens is 4. The van der Waals surface area contributed by atoms with Crippen LogP contribution in [-0.2, 0) is 6.18 Å². The summed E-state index contributed by atoms with van der Waals surface area (Å²) >= 11 is 5.98. The Morgan fingerprint density at radius 1 is 1.26 bits per heavy atom. The first-order chi connectivity index (χ1) is 8.91. The van der Waals surface area contributed by atoms with E-state index in [1.807, 2.05) is 11.9 Å². The normalized spacial score (nSPS) is 17.8. The second-order valence-electron chi connectivity index (χ2n) is 4.71. The van der Waals surface area contributed by atoms with E-state index in [0.29, 0.717) is 11.7 Å². The summed E-state index contributed by atoms with van der Waals surface area (Å²) < 4.78 is 37.7. The van der Waals surface area contributed by atoms with Crippen LogP contribution in [0.15, 0.2) is 18.2 Å². The number of nitrogens with zero attached hydrogens (tertiary/aromatic N) is 1. The van der Waals surface area contributed by atoms with Crippen LogP contribution in [-0.4, -0.2) is 26.2 Å². The van der Waals surface area contributed by atoms with E-state index in [1.54, 1.807) is 0 Å². The van der Waals surface area contributed by atoms with Crippen LogP contribution in [0.2, 0.25) is 5.02 Å². The molecule has 19 heavy (non-hydrogen) atoms. The molecule has 106 valence electrons. The third kappa shape index (κ3) is 3.34. The van der Waals surface area contributed by atoms with E-state index < -0.39 is 11.7 Å². The minimum atomic E-state index is -4.35.